The Morgan fingerprint density at radius 2 is 1.85 bits per heavy atom. The number of rotatable bonds is 8. The number of nitrogens with one attached hydrogen (secondary N) is 1. The molecule has 1 aromatic carbocycles. The van der Waals surface area contributed by atoms with Gasteiger partial charge in [0.2, 0.25) is 5.95 Å². The van der Waals surface area contributed by atoms with Gasteiger partial charge in [-0.05, 0) is 41.8 Å². The van der Waals surface area contributed by atoms with Gasteiger partial charge in [0.05, 0.1) is 34.6 Å². The van der Waals surface area contributed by atoms with Crippen LogP contribution in [0.4, 0.5) is 19.1 Å². The summed E-state index contributed by atoms with van der Waals surface area (Å²) in [6.45, 7) is 3.89. The second-order valence-corrected chi connectivity index (χ2v) is 11.5. The summed E-state index contributed by atoms with van der Waals surface area (Å²) in [6, 6.07) is 7.22. The summed E-state index contributed by atoms with van der Waals surface area (Å²) in [6.07, 6.45) is -1.05. The topological polar surface area (TPSA) is 125 Å². The summed E-state index contributed by atoms with van der Waals surface area (Å²) in [7, 11) is -3.44. The van der Waals surface area contributed by atoms with Crippen molar-refractivity contribution in [2.24, 2.45) is 0 Å². The molecule has 0 spiro atoms. The molecule has 2 N–H and O–H groups in total. The minimum Gasteiger partial charge on any atom is -0.394 e. The number of aliphatic hydroxyl groups is 1. The maximum atomic E-state index is 13.1. The number of aliphatic hydroxyl groups excluding tert-OH is 1. The average Bonchev–Trinajstić information content (AvgIpc) is 2.94. The Balaban J connectivity index is 1.54. The largest absolute Gasteiger partial charge is 0.419 e. The molecule has 208 valence electrons. The van der Waals surface area contributed by atoms with Gasteiger partial charge in [0.1, 0.15) is 0 Å². The number of amides is 1. The fourth-order valence-electron chi connectivity index (χ4n) is 4.45. The van der Waals surface area contributed by atoms with Crippen molar-refractivity contribution in [1.29, 1.82) is 0 Å². The fraction of sp³-hybridized carbons (Fsp3) is 0.385. The molecule has 0 saturated heterocycles. The lowest BCUT2D eigenvalue weighted by Crippen LogP contribution is -2.35. The number of nitrogens with zero attached hydrogens (tertiary/aromatic N) is 4. The van der Waals surface area contributed by atoms with E-state index in [2.05, 4.69) is 20.3 Å². The highest BCUT2D eigenvalue weighted by molar-refractivity contribution is 7.91. The molecular weight excluding hydrogens is 535 g/mol. The first-order chi connectivity index (χ1) is 18.5. The van der Waals surface area contributed by atoms with Crippen molar-refractivity contribution >= 4 is 21.7 Å². The number of alkyl halides is 3. The van der Waals surface area contributed by atoms with E-state index in [1.807, 2.05) is 13.0 Å². The third kappa shape index (κ3) is 6.19. The molecule has 1 unspecified atom stereocenters. The van der Waals surface area contributed by atoms with Crippen LogP contribution in [0.1, 0.15) is 65.0 Å². The van der Waals surface area contributed by atoms with E-state index >= 15 is 0 Å². The lowest BCUT2D eigenvalue weighted by atomic mass is 9.87. The van der Waals surface area contributed by atoms with Crippen molar-refractivity contribution < 1.29 is 31.5 Å². The summed E-state index contributed by atoms with van der Waals surface area (Å²) < 4.78 is 62.8. The van der Waals surface area contributed by atoms with Gasteiger partial charge in [-0.2, -0.15) is 13.2 Å². The van der Waals surface area contributed by atoms with Crippen LogP contribution >= 0.6 is 0 Å². The van der Waals surface area contributed by atoms with Crippen LogP contribution in [0.25, 0.3) is 0 Å². The second kappa shape index (κ2) is 11.3. The molecule has 3 heterocycles. The first kappa shape index (κ1) is 28.4. The number of hydrogen-bond donors (Lipinski definition) is 2. The zero-order valence-electron chi connectivity index (χ0n) is 21.3. The number of anilines is 1. The van der Waals surface area contributed by atoms with Gasteiger partial charge in [0.15, 0.2) is 9.84 Å². The summed E-state index contributed by atoms with van der Waals surface area (Å²) in [4.78, 5) is 26.9. The monoisotopic (exact) mass is 563 g/mol. The maximum Gasteiger partial charge on any atom is 0.419 e. The van der Waals surface area contributed by atoms with E-state index in [0.29, 0.717) is 24.3 Å². The van der Waals surface area contributed by atoms with Crippen molar-refractivity contribution in [2.75, 3.05) is 23.8 Å². The molecular formula is C26H28F3N5O4S. The lowest BCUT2D eigenvalue weighted by molar-refractivity contribution is -0.138. The van der Waals surface area contributed by atoms with Crippen molar-refractivity contribution in [3.05, 3.63) is 76.9 Å². The van der Waals surface area contributed by atoms with Gasteiger partial charge in [-0.1, -0.05) is 19.9 Å². The van der Waals surface area contributed by atoms with Crippen molar-refractivity contribution in [2.45, 2.75) is 49.8 Å². The van der Waals surface area contributed by atoms with Crippen LogP contribution in [0.3, 0.4) is 0 Å². The SMILES string of the molecule is CC[C@@H]1CN(c2ncc(C(F)(F)F)cn2)Cc2cc(C(=O)NC(CO)c3ccc(S(=O)(=O)CC)cn3)ccc21. The molecule has 0 fully saturated rings. The number of carbonyl (C=O) groups is 1. The molecule has 1 amide bonds. The molecule has 1 aliphatic heterocycles. The Labute approximate surface area is 224 Å². The molecule has 39 heavy (non-hydrogen) atoms. The molecule has 13 heteroatoms. The third-order valence-electron chi connectivity index (χ3n) is 6.73. The Morgan fingerprint density at radius 3 is 2.41 bits per heavy atom. The van der Waals surface area contributed by atoms with Crippen LogP contribution in [0.5, 0.6) is 0 Å². The smallest absolute Gasteiger partial charge is 0.394 e. The number of hydrogen-bond acceptors (Lipinski definition) is 8. The molecule has 2 aromatic heterocycles. The van der Waals surface area contributed by atoms with Crippen LogP contribution in [0, 0.1) is 0 Å². The number of pyridine rings is 1. The van der Waals surface area contributed by atoms with E-state index in [1.165, 1.54) is 25.3 Å². The highest BCUT2D eigenvalue weighted by Crippen LogP contribution is 2.34. The quantitative estimate of drug-likeness (QED) is 0.426. The normalized spacial score (nSPS) is 16.5. The summed E-state index contributed by atoms with van der Waals surface area (Å²) in [5.74, 6) is -0.320. The van der Waals surface area contributed by atoms with Crippen molar-refractivity contribution in [3.63, 3.8) is 0 Å². The Hall–Kier alpha value is -3.58. The predicted octanol–water partition coefficient (Wildman–Crippen LogP) is 3.66. The number of fused-ring (bicyclic) bond motifs is 1. The lowest BCUT2D eigenvalue weighted by Gasteiger charge is -2.34. The van der Waals surface area contributed by atoms with Gasteiger partial charge in [-0.25, -0.2) is 18.4 Å². The van der Waals surface area contributed by atoms with Crippen LogP contribution in [-0.4, -0.2) is 53.3 Å². The first-order valence-corrected chi connectivity index (χ1v) is 14.0. The van der Waals surface area contributed by atoms with E-state index in [9.17, 15) is 31.5 Å². The van der Waals surface area contributed by atoms with Crippen LogP contribution in [0.2, 0.25) is 0 Å². The Morgan fingerprint density at radius 1 is 1.13 bits per heavy atom. The number of sulfone groups is 1. The van der Waals surface area contributed by atoms with Crippen molar-refractivity contribution in [3.8, 4) is 0 Å². The minimum atomic E-state index is -4.53. The number of halogens is 3. The molecule has 2 atom stereocenters. The predicted molar refractivity (Wildman–Crippen MR) is 137 cm³/mol. The van der Waals surface area contributed by atoms with E-state index in [-0.39, 0.29) is 22.5 Å². The summed E-state index contributed by atoms with van der Waals surface area (Å²) >= 11 is 0. The molecule has 0 bridgehead atoms. The van der Waals surface area contributed by atoms with E-state index in [0.717, 1.165) is 29.9 Å². The van der Waals surface area contributed by atoms with Crippen LogP contribution in [0.15, 0.2) is 53.8 Å². The molecule has 3 aromatic rings. The van der Waals surface area contributed by atoms with Gasteiger partial charge in [-0.3, -0.25) is 9.78 Å². The Bertz CT molecular complexity index is 1430. The highest BCUT2D eigenvalue weighted by atomic mass is 32.2. The summed E-state index contributed by atoms with van der Waals surface area (Å²) in [5, 5.41) is 12.6. The van der Waals surface area contributed by atoms with E-state index < -0.39 is 40.1 Å². The first-order valence-electron chi connectivity index (χ1n) is 12.3. The van der Waals surface area contributed by atoms with Crippen molar-refractivity contribution in [1.82, 2.24) is 20.3 Å². The van der Waals surface area contributed by atoms with Crippen LogP contribution < -0.4 is 10.2 Å². The molecule has 0 radical (unpaired) electrons. The van der Waals surface area contributed by atoms with Gasteiger partial charge in [-0.15, -0.1) is 0 Å². The fourth-order valence-corrected chi connectivity index (χ4v) is 5.27. The average molecular weight is 564 g/mol. The maximum absolute atomic E-state index is 13.1. The third-order valence-corrected chi connectivity index (χ3v) is 8.45. The van der Waals surface area contributed by atoms with Crippen LogP contribution in [-0.2, 0) is 22.6 Å². The Kier molecular flexibility index (Phi) is 8.21. The second-order valence-electron chi connectivity index (χ2n) is 9.20. The van der Waals surface area contributed by atoms with E-state index in [1.54, 1.807) is 17.0 Å². The standard InChI is InChI=1S/C26H28F3N5O4S/c1-3-16-13-34(25-31-10-19(11-32-25)26(27,28)29)14-18-9-17(5-7-21(16)18)24(36)33-23(15-35)22-8-6-20(12-30-22)39(37,38)4-2/h5-12,16,23,35H,3-4,13-15H2,1-2H3,(H,33,36)/t16-,23?/m1/s1. The molecule has 9 nitrogen and oxygen atoms in total. The molecule has 4 rings (SSSR count). The van der Waals surface area contributed by atoms with Gasteiger partial charge in [0.25, 0.3) is 5.91 Å². The molecule has 1 aliphatic rings. The van der Waals surface area contributed by atoms with Gasteiger partial charge >= 0.3 is 6.18 Å². The zero-order chi connectivity index (χ0) is 28.4. The number of aromatic nitrogens is 3. The van der Waals surface area contributed by atoms with Gasteiger partial charge in [0, 0.05) is 43.2 Å². The van der Waals surface area contributed by atoms with Gasteiger partial charge < -0.3 is 15.3 Å². The molecule has 0 aliphatic carbocycles. The minimum absolute atomic E-state index is 0.0542. The van der Waals surface area contributed by atoms with E-state index in [4.69, 9.17) is 0 Å². The number of carbonyl (C=O) groups excluding carboxylic acids is 1. The molecule has 0 saturated carbocycles. The summed E-state index contributed by atoms with van der Waals surface area (Å²) in [5.41, 5.74) is 1.55. The number of benzene rings is 1. The highest BCUT2D eigenvalue weighted by Gasteiger charge is 2.32. The zero-order valence-corrected chi connectivity index (χ0v) is 22.1.